The molecule has 12 nitrogen and oxygen atoms in total. The maximum atomic E-state index is 12.8. The summed E-state index contributed by atoms with van der Waals surface area (Å²) in [6.45, 7) is 6.72. The normalized spacial score (nSPS) is 27.4. The number of carbonyl (C=O) groups is 3. The van der Waals surface area contributed by atoms with Gasteiger partial charge < -0.3 is 42.6 Å². The highest BCUT2D eigenvalue weighted by Crippen LogP contribution is 2.27. The van der Waals surface area contributed by atoms with Crippen LogP contribution in [-0.2, 0) is 42.8 Å². The van der Waals surface area contributed by atoms with E-state index in [-0.39, 0.29) is 29.8 Å². The van der Waals surface area contributed by atoms with Crippen LogP contribution in [0.25, 0.3) is 12.2 Å². The number of carbonyl (C=O) groups excluding carboxylic acids is 3. The summed E-state index contributed by atoms with van der Waals surface area (Å²) >= 11 is 0. The number of benzene rings is 2. The van der Waals surface area contributed by atoms with Crippen LogP contribution in [0.4, 0.5) is 0 Å². The zero-order chi connectivity index (χ0) is 31.1. The van der Waals surface area contributed by atoms with E-state index in [2.05, 4.69) is 0 Å². The average molecular weight is 613 g/mol. The highest BCUT2D eigenvalue weighted by Gasteiger charge is 2.31. The Labute approximate surface area is 255 Å². The third-order valence-electron chi connectivity index (χ3n) is 6.93. The largest absolute Gasteiger partial charge is 0.423 e. The molecule has 3 heterocycles. The zero-order valence-electron chi connectivity index (χ0n) is 24.8. The van der Waals surface area contributed by atoms with Gasteiger partial charge in [-0.3, -0.25) is 0 Å². The van der Waals surface area contributed by atoms with Crippen LogP contribution < -0.4 is 14.2 Å². The summed E-state index contributed by atoms with van der Waals surface area (Å²) in [5.74, 6) is -1.51. The van der Waals surface area contributed by atoms with Crippen molar-refractivity contribution in [3.63, 3.8) is 0 Å². The summed E-state index contributed by atoms with van der Waals surface area (Å²) in [5.41, 5.74) is 1.34. The van der Waals surface area contributed by atoms with Crippen LogP contribution in [-0.4, -0.2) is 74.9 Å². The van der Waals surface area contributed by atoms with Gasteiger partial charge in [0.05, 0.1) is 38.1 Å². The molecule has 3 aliphatic heterocycles. The molecule has 2 aromatic carbocycles. The third-order valence-corrected chi connectivity index (χ3v) is 6.93. The lowest BCUT2D eigenvalue weighted by atomic mass is 10.1. The lowest BCUT2D eigenvalue weighted by Crippen LogP contribution is -2.39. The number of ether oxygens (including phenoxy) is 9. The first-order chi connectivity index (χ1) is 21.2. The van der Waals surface area contributed by atoms with Crippen LogP contribution in [0, 0.1) is 0 Å². The fourth-order valence-corrected chi connectivity index (χ4v) is 4.49. The van der Waals surface area contributed by atoms with E-state index in [1.54, 1.807) is 48.6 Å². The van der Waals surface area contributed by atoms with Gasteiger partial charge in [0.25, 0.3) is 18.9 Å². The molecule has 236 valence electrons. The minimum atomic E-state index is -1.17. The zero-order valence-corrected chi connectivity index (χ0v) is 24.8. The smallest absolute Gasteiger partial charge is 0.368 e. The van der Waals surface area contributed by atoms with Gasteiger partial charge >= 0.3 is 17.9 Å². The van der Waals surface area contributed by atoms with Gasteiger partial charge in [-0.25, -0.2) is 14.4 Å². The Kier molecular flexibility index (Phi) is 10.7. The van der Waals surface area contributed by atoms with E-state index in [9.17, 15) is 14.4 Å². The second-order valence-corrected chi connectivity index (χ2v) is 10.7. The Balaban J connectivity index is 1.28. The van der Waals surface area contributed by atoms with Crippen LogP contribution in [0.15, 0.2) is 42.5 Å². The number of rotatable bonds is 8. The minimum Gasteiger partial charge on any atom is -0.423 e. The van der Waals surface area contributed by atoms with Gasteiger partial charge in [-0.05, 0) is 75.4 Å². The number of esters is 3. The van der Waals surface area contributed by atoms with Gasteiger partial charge in [0, 0.05) is 6.07 Å². The van der Waals surface area contributed by atoms with E-state index in [4.69, 9.17) is 42.6 Å². The maximum Gasteiger partial charge on any atom is 0.368 e. The molecular formula is C32H36O12. The lowest BCUT2D eigenvalue weighted by Gasteiger charge is -2.26. The molecule has 3 aliphatic rings. The first-order valence-corrected chi connectivity index (χ1v) is 14.6. The molecule has 5 rings (SSSR count). The molecule has 3 unspecified atom stereocenters. The third kappa shape index (κ3) is 8.94. The molecule has 3 fully saturated rings. The summed E-state index contributed by atoms with van der Waals surface area (Å²) in [4.78, 5) is 37.9. The Bertz CT molecular complexity index is 1280. The summed E-state index contributed by atoms with van der Waals surface area (Å²) in [5, 5.41) is 0. The fourth-order valence-electron chi connectivity index (χ4n) is 4.49. The molecule has 2 aromatic rings. The molecule has 0 aromatic heterocycles. The molecule has 0 radical (unpaired) electrons. The minimum absolute atomic E-state index is 0.0879. The van der Waals surface area contributed by atoms with Crippen molar-refractivity contribution in [1.29, 1.82) is 0 Å². The molecule has 0 aliphatic carbocycles. The lowest BCUT2D eigenvalue weighted by molar-refractivity contribution is -0.219. The van der Waals surface area contributed by atoms with Gasteiger partial charge in [-0.1, -0.05) is 24.3 Å². The van der Waals surface area contributed by atoms with Crippen molar-refractivity contribution in [2.45, 2.75) is 77.2 Å². The fraction of sp³-hybridized carbons (Fsp3) is 0.469. The first kappa shape index (κ1) is 31.8. The molecule has 3 saturated heterocycles. The van der Waals surface area contributed by atoms with Crippen molar-refractivity contribution in [2.24, 2.45) is 0 Å². The predicted molar refractivity (Wildman–Crippen MR) is 153 cm³/mol. The SMILES string of the molecule is C[C@@H]1CCOC(C(=O)Oc2ccc(/C=C/c3cc(OC(=O)C4OCC[C@@H](C)O4)cc(OC(=O)C4OCC[C@@H](C)O4)c3)cc2)O1. The Morgan fingerprint density at radius 1 is 0.568 bits per heavy atom. The van der Waals surface area contributed by atoms with E-state index in [0.29, 0.717) is 50.4 Å². The van der Waals surface area contributed by atoms with Crippen molar-refractivity contribution in [1.82, 2.24) is 0 Å². The maximum absolute atomic E-state index is 12.8. The molecule has 0 saturated carbocycles. The standard InChI is InChI=1S/C32H36O12/c1-19-10-13-36-30(39-19)27(33)42-24-8-6-22(7-9-24)4-5-23-16-25(43-28(34)31-37-14-11-20(2)40-31)18-26(17-23)44-29(35)32-38-15-12-21(3)41-32/h4-9,16-21,30-32H,10-15H2,1-3H3/b5-4+/t19-,20-,21-,30?,31?,32?/m1/s1. The second kappa shape index (κ2) is 14.9. The van der Waals surface area contributed by atoms with Crippen LogP contribution in [0.2, 0.25) is 0 Å². The molecule has 0 amide bonds. The summed E-state index contributed by atoms with van der Waals surface area (Å²) < 4.78 is 49.2. The topological polar surface area (TPSA) is 134 Å². The number of hydrogen-bond acceptors (Lipinski definition) is 12. The number of hydrogen-bond donors (Lipinski definition) is 0. The van der Waals surface area contributed by atoms with E-state index >= 15 is 0 Å². The molecule has 6 atom stereocenters. The highest BCUT2D eigenvalue weighted by atomic mass is 16.7. The molecular weight excluding hydrogens is 576 g/mol. The van der Waals surface area contributed by atoms with Crippen molar-refractivity contribution in [3.05, 3.63) is 53.6 Å². The van der Waals surface area contributed by atoms with Crippen molar-refractivity contribution in [2.75, 3.05) is 19.8 Å². The molecule has 0 N–H and O–H groups in total. The average Bonchev–Trinajstić information content (AvgIpc) is 3.00. The first-order valence-electron chi connectivity index (χ1n) is 14.6. The highest BCUT2D eigenvalue weighted by molar-refractivity contribution is 5.79. The van der Waals surface area contributed by atoms with E-state index in [1.165, 1.54) is 6.07 Å². The molecule has 0 bridgehead atoms. The monoisotopic (exact) mass is 612 g/mol. The molecule has 12 heteroatoms. The van der Waals surface area contributed by atoms with E-state index in [0.717, 1.165) is 5.56 Å². The van der Waals surface area contributed by atoms with Crippen LogP contribution in [0.5, 0.6) is 17.2 Å². The van der Waals surface area contributed by atoms with Crippen molar-refractivity contribution in [3.8, 4) is 17.2 Å². The van der Waals surface area contributed by atoms with Gasteiger partial charge in [-0.15, -0.1) is 0 Å². The van der Waals surface area contributed by atoms with Gasteiger partial charge in [0.15, 0.2) is 0 Å². The summed E-state index contributed by atoms with van der Waals surface area (Å²) in [6, 6.07) is 11.4. The van der Waals surface area contributed by atoms with Crippen LogP contribution in [0.1, 0.15) is 51.2 Å². The van der Waals surface area contributed by atoms with E-state index < -0.39 is 36.8 Å². The summed E-state index contributed by atoms with van der Waals surface area (Å²) in [7, 11) is 0. The Morgan fingerprint density at radius 3 is 1.36 bits per heavy atom. The van der Waals surface area contributed by atoms with Gasteiger partial charge in [0.2, 0.25) is 0 Å². The molecule has 0 spiro atoms. The van der Waals surface area contributed by atoms with Crippen molar-refractivity contribution >= 4 is 30.1 Å². The van der Waals surface area contributed by atoms with E-state index in [1.807, 2.05) is 20.8 Å². The van der Waals surface area contributed by atoms with Crippen molar-refractivity contribution < 1.29 is 57.0 Å². The van der Waals surface area contributed by atoms with Crippen LogP contribution in [0.3, 0.4) is 0 Å². The van der Waals surface area contributed by atoms with Gasteiger partial charge in [-0.2, -0.15) is 0 Å². The Morgan fingerprint density at radius 2 is 0.955 bits per heavy atom. The predicted octanol–water partition coefficient (Wildman–Crippen LogP) is 4.03. The second-order valence-electron chi connectivity index (χ2n) is 10.7. The van der Waals surface area contributed by atoms with Crippen LogP contribution >= 0.6 is 0 Å². The molecule has 44 heavy (non-hydrogen) atoms. The quantitative estimate of drug-likeness (QED) is 0.242. The van der Waals surface area contributed by atoms with Gasteiger partial charge in [0.1, 0.15) is 17.2 Å². The summed E-state index contributed by atoms with van der Waals surface area (Å²) in [6.07, 6.45) is 1.80. The Hall–Kier alpha value is -3.65.